The van der Waals surface area contributed by atoms with Crippen LogP contribution in [0.15, 0.2) is 80.4 Å². The van der Waals surface area contributed by atoms with Crippen LogP contribution in [0, 0.1) is 0 Å². The van der Waals surface area contributed by atoms with Crippen molar-refractivity contribution in [2.75, 3.05) is 7.11 Å². The highest BCUT2D eigenvalue weighted by Crippen LogP contribution is 2.41. The van der Waals surface area contributed by atoms with Crippen molar-refractivity contribution in [2.24, 2.45) is 0 Å². The number of fused-ring (bicyclic) bond motifs is 2. The summed E-state index contributed by atoms with van der Waals surface area (Å²) in [5.74, 6) is -0.0820. The second-order valence-electron chi connectivity index (χ2n) is 7.57. The minimum absolute atomic E-state index is 0.0233. The number of rotatable bonds is 4. The Balaban J connectivity index is 1.75. The van der Waals surface area contributed by atoms with Crippen molar-refractivity contribution in [1.82, 2.24) is 4.90 Å². The van der Waals surface area contributed by atoms with E-state index in [0.717, 1.165) is 10.0 Å². The van der Waals surface area contributed by atoms with Crippen LogP contribution in [-0.4, -0.2) is 23.0 Å². The van der Waals surface area contributed by atoms with Gasteiger partial charge in [0, 0.05) is 11.0 Å². The van der Waals surface area contributed by atoms with Gasteiger partial charge in [0.25, 0.3) is 5.91 Å². The summed E-state index contributed by atoms with van der Waals surface area (Å²) < 4.78 is 12.0. The molecule has 4 aromatic rings. The van der Waals surface area contributed by atoms with E-state index in [1.807, 2.05) is 30.3 Å². The molecule has 1 N–H and O–H groups in total. The molecule has 1 aliphatic heterocycles. The van der Waals surface area contributed by atoms with Crippen LogP contribution in [0.5, 0.6) is 11.5 Å². The van der Waals surface area contributed by atoms with Crippen LogP contribution < -0.4 is 10.2 Å². The van der Waals surface area contributed by atoms with Crippen LogP contribution in [-0.2, 0) is 6.54 Å². The lowest BCUT2D eigenvalue weighted by atomic mass is 9.98. The minimum atomic E-state index is -0.688. The Bertz CT molecular complexity index is 1410. The number of methoxy groups -OCH3 is 1. The van der Waals surface area contributed by atoms with Gasteiger partial charge >= 0.3 is 0 Å². The Morgan fingerprint density at radius 2 is 1.84 bits per heavy atom. The number of carbonyl (C=O) groups is 1. The van der Waals surface area contributed by atoms with Crippen LogP contribution in [0.2, 0.25) is 0 Å². The minimum Gasteiger partial charge on any atom is -0.504 e. The Morgan fingerprint density at radius 3 is 2.59 bits per heavy atom. The Labute approximate surface area is 191 Å². The average Bonchev–Trinajstić information content (AvgIpc) is 3.07. The van der Waals surface area contributed by atoms with Gasteiger partial charge in [-0.25, -0.2) is 0 Å². The molecule has 160 valence electrons. The summed E-state index contributed by atoms with van der Waals surface area (Å²) >= 11 is 3.40. The highest BCUT2D eigenvalue weighted by atomic mass is 79.9. The maximum atomic E-state index is 13.6. The molecule has 1 amide bonds. The molecule has 1 aliphatic rings. The first-order valence-corrected chi connectivity index (χ1v) is 10.8. The summed E-state index contributed by atoms with van der Waals surface area (Å²) in [7, 11) is 1.45. The number of phenolic OH excluding ortho intramolecular Hbond substituents is 1. The molecule has 0 saturated carbocycles. The predicted octanol–water partition coefficient (Wildman–Crippen LogP) is 5.02. The second kappa shape index (κ2) is 7.84. The molecule has 2 heterocycles. The van der Waals surface area contributed by atoms with E-state index in [2.05, 4.69) is 15.9 Å². The zero-order valence-corrected chi connectivity index (χ0v) is 18.6. The first-order valence-electron chi connectivity index (χ1n) is 9.96. The van der Waals surface area contributed by atoms with E-state index in [1.165, 1.54) is 13.2 Å². The summed E-state index contributed by atoms with van der Waals surface area (Å²) in [4.78, 5) is 28.7. The van der Waals surface area contributed by atoms with Crippen LogP contribution in [0.25, 0.3) is 11.0 Å². The van der Waals surface area contributed by atoms with Crippen molar-refractivity contribution < 1.29 is 19.1 Å². The topological polar surface area (TPSA) is 80.0 Å². The van der Waals surface area contributed by atoms with Crippen molar-refractivity contribution in [2.45, 2.75) is 12.6 Å². The number of ether oxygens (including phenoxy) is 1. The van der Waals surface area contributed by atoms with Crippen molar-refractivity contribution in [1.29, 1.82) is 0 Å². The Kier molecular flexibility index (Phi) is 4.98. The number of hydrogen-bond donors (Lipinski definition) is 1. The molecule has 5 rings (SSSR count). The van der Waals surface area contributed by atoms with E-state index in [-0.39, 0.29) is 40.7 Å². The third-order valence-corrected chi connectivity index (χ3v) is 6.14. The number of hydrogen-bond acceptors (Lipinski definition) is 5. The highest BCUT2D eigenvalue weighted by molar-refractivity contribution is 9.10. The molecule has 1 atom stereocenters. The molecule has 32 heavy (non-hydrogen) atoms. The largest absolute Gasteiger partial charge is 0.504 e. The SMILES string of the molecule is COc1cc(C2c3c(oc4ccc(Br)cc4c3=O)C(=O)N2Cc2ccccc2)ccc1O. The number of carbonyl (C=O) groups excluding carboxylic acids is 1. The van der Waals surface area contributed by atoms with E-state index in [0.29, 0.717) is 16.5 Å². The Hall–Kier alpha value is -3.58. The number of halogens is 1. The van der Waals surface area contributed by atoms with Gasteiger partial charge in [0.05, 0.1) is 24.1 Å². The molecule has 0 saturated heterocycles. The standard InChI is InChI=1S/C25H18BrNO5/c1-31-20-11-15(7-9-18(20)28)22-21-23(29)17-12-16(26)8-10-19(17)32-24(21)25(30)27(22)13-14-5-3-2-4-6-14/h2-12,22,28H,13H2,1H3. The molecule has 3 aromatic carbocycles. The molecule has 0 bridgehead atoms. The number of phenols is 1. The van der Waals surface area contributed by atoms with E-state index in [1.54, 1.807) is 35.2 Å². The lowest BCUT2D eigenvalue weighted by Gasteiger charge is -2.25. The van der Waals surface area contributed by atoms with Gasteiger partial charge in [0.1, 0.15) is 5.58 Å². The van der Waals surface area contributed by atoms with Crippen LogP contribution in [0.3, 0.4) is 0 Å². The molecular formula is C25H18BrNO5. The molecule has 7 heteroatoms. The summed E-state index contributed by atoms with van der Waals surface area (Å²) in [6.45, 7) is 0.289. The number of aromatic hydroxyl groups is 1. The number of amides is 1. The zero-order valence-electron chi connectivity index (χ0n) is 17.0. The van der Waals surface area contributed by atoms with Gasteiger partial charge in [-0.05, 0) is 41.5 Å². The van der Waals surface area contributed by atoms with Crippen LogP contribution >= 0.6 is 15.9 Å². The first kappa shape index (κ1) is 20.3. The van der Waals surface area contributed by atoms with Gasteiger partial charge in [-0.15, -0.1) is 0 Å². The number of nitrogens with zero attached hydrogens (tertiary/aromatic N) is 1. The van der Waals surface area contributed by atoms with Crippen molar-refractivity contribution >= 4 is 32.8 Å². The van der Waals surface area contributed by atoms with Gasteiger partial charge in [-0.2, -0.15) is 0 Å². The number of benzene rings is 3. The van der Waals surface area contributed by atoms with Crippen molar-refractivity contribution in [3.8, 4) is 11.5 Å². The van der Waals surface area contributed by atoms with Gasteiger partial charge < -0.3 is 19.2 Å². The summed E-state index contributed by atoms with van der Waals surface area (Å²) in [6, 6.07) is 18.8. The van der Waals surface area contributed by atoms with Gasteiger partial charge in [-0.3, -0.25) is 9.59 Å². The molecule has 0 fully saturated rings. The van der Waals surface area contributed by atoms with E-state index < -0.39 is 6.04 Å². The summed E-state index contributed by atoms with van der Waals surface area (Å²) in [6.07, 6.45) is 0. The molecular weight excluding hydrogens is 474 g/mol. The Morgan fingerprint density at radius 1 is 1.06 bits per heavy atom. The summed E-state index contributed by atoms with van der Waals surface area (Å²) in [5.41, 5.74) is 1.94. The second-order valence-corrected chi connectivity index (χ2v) is 8.48. The van der Waals surface area contributed by atoms with Crippen molar-refractivity contribution in [3.63, 3.8) is 0 Å². The molecule has 0 spiro atoms. The maximum Gasteiger partial charge on any atom is 0.291 e. The van der Waals surface area contributed by atoms with Crippen LogP contribution in [0.1, 0.15) is 33.3 Å². The van der Waals surface area contributed by atoms with Crippen molar-refractivity contribution in [3.05, 3.63) is 104 Å². The highest BCUT2D eigenvalue weighted by Gasteiger charge is 2.43. The fraction of sp³-hybridized carbons (Fsp3) is 0.120. The molecule has 0 aliphatic carbocycles. The van der Waals surface area contributed by atoms with Crippen LogP contribution in [0.4, 0.5) is 0 Å². The fourth-order valence-electron chi connectivity index (χ4n) is 4.15. The third-order valence-electron chi connectivity index (χ3n) is 5.64. The first-order chi connectivity index (χ1) is 15.5. The molecule has 1 aromatic heterocycles. The van der Waals surface area contributed by atoms with E-state index in [4.69, 9.17) is 9.15 Å². The summed E-state index contributed by atoms with van der Waals surface area (Å²) in [5, 5.41) is 10.5. The van der Waals surface area contributed by atoms with Gasteiger partial charge in [0.15, 0.2) is 16.9 Å². The fourth-order valence-corrected chi connectivity index (χ4v) is 4.51. The smallest absolute Gasteiger partial charge is 0.291 e. The lowest BCUT2D eigenvalue weighted by Crippen LogP contribution is -2.29. The quantitative estimate of drug-likeness (QED) is 0.433. The third kappa shape index (κ3) is 3.26. The molecule has 0 radical (unpaired) electrons. The van der Waals surface area contributed by atoms with Gasteiger partial charge in [0.2, 0.25) is 5.76 Å². The average molecular weight is 492 g/mol. The molecule has 6 nitrogen and oxygen atoms in total. The van der Waals surface area contributed by atoms with E-state index in [9.17, 15) is 14.7 Å². The predicted molar refractivity (Wildman–Crippen MR) is 123 cm³/mol. The molecule has 1 unspecified atom stereocenters. The van der Waals surface area contributed by atoms with E-state index >= 15 is 0 Å². The zero-order chi connectivity index (χ0) is 22.4. The normalized spacial score (nSPS) is 15.2. The van der Waals surface area contributed by atoms with Gasteiger partial charge in [-0.1, -0.05) is 52.3 Å². The lowest BCUT2D eigenvalue weighted by molar-refractivity contribution is 0.0714. The monoisotopic (exact) mass is 491 g/mol. The maximum absolute atomic E-state index is 13.6.